The van der Waals surface area contributed by atoms with E-state index in [0.717, 1.165) is 25.8 Å². The number of rotatable bonds is 6. The lowest BCUT2D eigenvalue weighted by Gasteiger charge is -2.25. The van der Waals surface area contributed by atoms with E-state index < -0.39 is 5.97 Å². The summed E-state index contributed by atoms with van der Waals surface area (Å²) in [7, 11) is 0. The van der Waals surface area contributed by atoms with Gasteiger partial charge in [-0.1, -0.05) is 13.8 Å². The summed E-state index contributed by atoms with van der Waals surface area (Å²) in [4.78, 5) is 17.9. The molecular formula is C14H19BrN2O2. The molecule has 1 aromatic rings. The fraction of sp³-hybridized carbons (Fsp3) is 0.571. The molecule has 1 N–H and O–H groups in total. The van der Waals surface area contributed by atoms with Crippen molar-refractivity contribution in [3.05, 3.63) is 22.3 Å². The van der Waals surface area contributed by atoms with Crippen molar-refractivity contribution in [2.24, 2.45) is 5.92 Å². The van der Waals surface area contributed by atoms with Gasteiger partial charge >= 0.3 is 5.97 Å². The summed E-state index contributed by atoms with van der Waals surface area (Å²) >= 11 is 3.28. The molecule has 19 heavy (non-hydrogen) atoms. The van der Waals surface area contributed by atoms with Gasteiger partial charge in [0.15, 0.2) is 0 Å². The maximum Gasteiger partial charge on any atom is 0.339 e. The zero-order valence-electron chi connectivity index (χ0n) is 11.3. The number of hydrogen-bond donors (Lipinski definition) is 1. The van der Waals surface area contributed by atoms with Crippen molar-refractivity contribution >= 4 is 27.7 Å². The third-order valence-corrected chi connectivity index (χ3v) is 3.70. The van der Waals surface area contributed by atoms with E-state index in [9.17, 15) is 9.90 Å². The first-order valence-electron chi connectivity index (χ1n) is 6.64. The first-order chi connectivity index (χ1) is 8.99. The van der Waals surface area contributed by atoms with E-state index >= 15 is 0 Å². The molecule has 0 radical (unpaired) electrons. The Kier molecular flexibility index (Phi) is 4.45. The Morgan fingerprint density at radius 3 is 2.79 bits per heavy atom. The predicted octanol–water partition coefficient (Wildman–Crippen LogP) is 3.56. The van der Waals surface area contributed by atoms with Crippen LogP contribution in [0.5, 0.6) is 0 Å². The maximum atomic E-state index is 11.4. The zero-order chi connectivity index (χ0) is 14.0. The number of carboxylic acid groups (broad SMARTS) is 1. The monoisotopic (exact) mass is 326 g/mol. The van der Waals surface area contributed by atoms with Crippen molar-refractivity contribution in [3.63, 3.8) is 0 Å². The standard InChI is InChI=1S/C14H19BrN2O2/c1-9(2)5-6-17(11-3-4-11)13-12(14(18)19)7-10(15)8-16-13/h7-9,11H,3-6H2,1-2H3,(H,18,19). The van der Waals surface area contributed by atoms with Crippen LogP contribution < -0.4 is 4.90 Å². The van der Waals surface area contributed by atoms with Crippen molar-refractivity contribution < 1.29 is 9.90 Å². The van der Waals surface area contributed by atoms with E-state index in [2.05, 4.69) is 39.7 Å². The van der Waals surface area contributed by atoms with Gasteiger partial charge in [0.2, 0.25) is 0 Å². The Labute approximate surface area is 122 Å². The molecule has 1 saturated carbocycles. The number of halogens is 1. The number of carboxylic acids is 1. The zero-order valence-corrected chi connectivity index (χ0v) is 12.9. The molecule has 1 aliphatic rings. The Morgan fingerprint density at radius 2 is 2.26 bits per heavy atom. The van der Waals surface area contributed by atoms with Gasteiger partial charge in [-0.15, -0.1) is 0 Å². The minimum Gasteiger partial charge on any atom is -0.478 e. The third kappa shape index (κ3) is 3.69. The van der Waals surface area contributed by atoms with Gasteiger partial charge < -0.3 is 10.0 Å². The molecule has 0 atom stereocenters. The smallest absolute Gasteiger partial charge is 0.339 e. The number of pyridine rings is 1. The number of nitrogens with zero attached hydrogens (tertiary/aromatic N) is 2. The summed E-state index contributed by atoms with van der Waals surface area (Å²) in [6.45, 7) is 5.23. The molecule has 1 fully saturated rings. The van der Waals surface area contributed by atoms with Crippen LogP contribution >= 0.6 is 15.9 Å². The Bertz CT molecular complexity index is 473. The molecule has 0 aliphatic heterocycles. The van der Waals surface area contributed by atoms with Gasteiger partial charge in [0, 0.05) is 23.3 Å². The quantitative estimate of drug-likeness (QED) is 0.868. The van der Waals surface area contributed by atoms with Gasteiger partial charge in [-0.2, -0.15) is 0 Å². The summed E-state index contributed by atoms with van der Waals surface area (Å²) < 4.78 is 0.702. The molecule has 104 valence electrons. The third-order valence-electron chi connectivity index (χ3n) is 3.27. The van der Waals surface area contributed by atoms with Crippen LogP contribution in [0.25, 0.3) is 0 Å². The second-order valence-corrected chi connectivity index (χ2v) is 6.35. The fourth-order valence-corrected chi connectivity index (χ4v) is 2.39. The highest BCUT2D eigenvalue weighted by Crippen LogP contribution is 2.33. The first kappa shape index (κ1) is 14.3. The Hall–Kier alpha value is -1.10. The molecule has 0 amide bonds. The van der Waals surface area contributed by atoms with Crippen LogP contribution in [0.2, 0.25) is 0 Å². The van der Waals surface area contributed by atoms with Crippen LogP contribution in [-0.2, 0) is 0 Å². The molecule has 4 nitrogen and oxygen atoms in total. The Balaban J connectivity index is 2.28. The number of hydrogen-bond acceptors (Lipinski definition) is 3. The van der Waals surface area contributed by atoms with Crippen molar-refractivity contribution in [2.75, 3.05) is 11.4 Å². The number of aromatic nitrogens is 1. The van der Waals surface area contributed by atoms with Crippen molar-refractivity contribution in [3.8, 4) is 0 Å². The summed E-state index contributed by atoms with van der Waals surface area (Å²) in [5.74, 6) is 0.294. The van der Waals surface area contributed by atoms with Crippen molar-refractivity contribution in [1.82, 2.24) is 4.98 Å². The van der Waals surface area contributed by atoms with Crippen LogP contribution in [0, 0.1) is 5.92 Å². The van der Waals surface area contributed by atoms with Crippen LogP contribution in [0.4, 0.5) is 5.82 Å². The summed E-state index contributed by atoms with van der Waals surface area (Å²) in [6, 6.07) is 2.10. The summed E-state index contributed by atoms with van der Waals surface area (Å²) in [5, 5.41) is 9.33. The van der Waals surface area contributed by atoms with Crippen LogP contribution in [0.1, 0.15) is 43.5 Å². The van der Waals surface area contributed by atoms with Crippen LogP contribution in [-0.4, -0.2) is 28.6 Å². The lowest BCUT2D eigenvalue weighted by Crippen LogP contribution is -2.30. The molecule has 0 saturated heterocycles. The molecule has 0 unspecified atom stereocenters. The summed E-state index contributed by atoms with van der Waals surface area (Å²) in [6.07, 6.45) is 4.99. The SMILES string of the molecule is CC(C)CCN(c1ncc(Br)cc1C(=O)O)C1CC1. The lowest BCUT2D eigenvalue weighted by atomic mass is 10.1. The molecular weight excluding hydrogens is 308 g/mol. The van der Waals surface area contributed by atoms with Gasteiger partial charge in [0.25, 0.3) is 0 Å². The highest BCUT2D eigenvalue weighted by atomic mass is 79.9. The molecule has 2 rings (SSSR count). The van der Waals surface area contributed by atoms with Gasteiger partial charge in [0.05, 0.1) is 0 Å². The van der Waals surface area contributed by atoms with E-state index in [1.165, 1.54) is 0 Å². The average molecular weight is 327 g/mol. The van der Waals surface area contributed by atoms with E-state index in [1.807, 2.05) is 0 Å². The second kappa shape index (κ2) is 5.90. The van der Waals surface area contributed by atoms with Crippen molar-refractivity contribution in [2.45, 2.75) is 39.2 Å². The van der Waals surface area contributed by atoms with E-state index in [1.54, 1.807) is 12.3 Å². The largest absolute Gasteiger partial charge is 0.478 e. The predicted molar refractivity (Wildman–Crippen MR) is 78.7 cm³/mol. The Morgan fingerprint density at radius 1 is 1.58 bits per heavy atom. The summed E-state index contributed by atoms with van der Waals surface area (Å²) in [5.41, 5.74) is 0.282. The highest BCUT2D eigenvalue weighted by Gasteiger charge is 2.32. The number of carbonyl (C=O) groups is 1. The molecule has 1 aromatic heterocycles. The van der Waals surface area contributed by atoms with E-state index in [-0.39, 0.29) is 5.56 Å². The average Bonchev–Trinajstić information content (AvgIpc) is 3.14. The first-order valence-corrected chi connectivity index (χ1v) is 7.44. The second-order valence-electron chi connectivity index (χ2n) is 5.44. The number of aromatic carboxylic acids is 1. The number of anilines is 1. The topological polar surface area (TPSA) is 53.4 Å². The van der Waals surface area contributed by atoms with Crippen LogP contribution in [0.3, 0.4) is 0 Å². The molecule has 5 heteroatoms. The minimum absolute atomic E-state index is 0.282. The molecule has 0 spiro atoms. The normalized spacial score (nSPS) is 14.7. The van der Waals surface area contributed by atoms with Crippen LogP contribution in [0.15, 0.2) is 16.7 Å². The fourth-order valence-electron chi connectivity index (χ4n) is 2.06. The molecule has 1 aliphatic carbocycles. The maximum absolute atomic E-state index is 11.4. The van der Waals surface area contributed by atoms with Gasteiger partial charge in [-0.25, -0.2) is 9.78 Å². The molecule has 0 aromatic carbocycles. The molecule has 1 heterocycles. The van der Waals surface area contributed by atoms with E-state index in [4.69, 9.17) is 0 Å². The van der Waals surface area contributed by atoms with Gasteiger partial charge in [0.1, 0.15) is 11.4 Å². The minimum atomic E-state index is -0.918. The highest BCUT2D eigenvalue weighted by molar-refractivity contribution is 9.10. The van der Waals surface area contributed by atoms with E-state index in [0.29, 0.717) is 22.3 Å². The van der Waals surface area contributed by atoms with Gasteiger partial charge in [-0.05, 0) is 47.2 Å². The molecule has 0 bridgehead atoms. The van der Waals surface area contributed by atoms with Gasteiger partial charge in [-0.3, -0.25) is 0 Å². The lowest BCUT2D eigenvalue weighted by molar-refractivity contribution is 0.0697. The van der Waals surface area contributed by atoms with Crippen molar-refractivity contribution in [1.29, 1.82) is 0 Å².